The molecule has 2 amide bonds. The van der Waals surface area contributed by atoms with Crippen LogP contribution in [0.25, 0.3) is 0 Å². The first-order chi connectivity index (χ1) is 19.3. The number of hydrogen-bond donors (Lipinski definition) is 2. The second-order valence-corrected chi connectivity index (χ2v) is 9.21. The summed E-state index contributed by atoms with van der Waals surface area (Å²) in [5.74, 6) is -0.205. The molecule has 12 nitrogen and oxygen atoms in total. The van der Waals surface area contributed by atoms with E-state index in [2.05, 4.69) is 22.4 Å². The highest BCUT2D eigenvalue weighted by Crippen LogP contribution is 2.23. The van der Waals surface area contributed by atoms with Crippen molar-refractivity contribution in [2.75, 3.05) is 12.4 Å². The average Bonchev–Trinajstić information content (AvgIpc) is 2.96. The SMILES string of the molecule is C=CCOc1ccc(/C=N\NC(=O)[C@@H](CSCc2ccccc2)NC(=O)c2cc([N+](=O)[O-])cc([N+](=O)[O-])c2)cc1. The highest BCUT2D eigenvalue weighted by atomic mass is 32.2. The first-order valence-corrected chi connectivity index (χ1v) is 13.0. The van der Waals surface area contributed by atoms with Crippen LogP contribution in [0.4, 0.5) is 11.4 Å². The molecule has 3 rings (SSSR count). The summed E-state index contributed by atoms with van der Waals surface area (Å²) in [6.07, 6.45) is 3.04. The number of ether oxygens (including phenoxy) is 1. The lowest BCUT2D eigenvalue weighted by atomic mass is 10.1. The molecule has 0 aromatic heterocycles. The van der Waals surface area contributed by atoms with Crippen molar-refractivity contribution in [2.24, 2.45) is 5.10 Å². The van der Waals surface area contributed by atoms with Gasteiger partial charge in [-0.3, -0.25) is 29.8 Å². The molecule has 0 aliphatic heterocycles. The number of hydrogen-bond acceptors (Lipinski definition) is 9. The third kappa shape index (κ3) is 9.06. The summed E-state index contributed by atoms with van der Waals surface area (Å²) < 4.78 is 5.42. The lowest BCUT2D eigenvalue weighted by molar-refractivity contribution is -0.394. The van der Waals surface area contributed by atoms with Crippen molar-refractivity contribution < 1.29 is 24.2 Å². The van der Waals surface area contributed by atoms with Gasteiger partial charge in [0.15, 0.2) is 0 Å². The molecular formula is C27H25N5O7S. The van der Waals surface area contributed by atoms with Gasteiger partial charge < -0.3 is 10.1 Å². The average molecular weight is 564 g/mol. The monoisotopic (exact) mass is 563 g/mol. The number of carbonyl (C=O) groups excluding carboxylic acids is 2. The number of benzene rings is 3. The van der Waals surface area contributed by atoms with Crippen LogP contribution in [-0.2, 0) is 10.5 Å². The maximum absolute atomic E-state index is 13.0. The number of non-ortho nitro benzene ring substituents is 2. The molecular weight excluding hydrogens is 538 g/mol. The van der Waals surface area contributed by atoms with Crippen molar-refractivity contribution in [3.05, 3.63) is 122 Å². The summed E-state index contributed by atoms with van der Waals surface area (Å²) >= 11 is 1.37. The Hall–Kier alpha value is -5.04. The van der Waals surface area contributed by atoms with Gasteiger partial charge in [-0.05, 0) is 35.4 Å². The molecule has 2 N–H and O–H groups in total. The van der Waals surface area contributed by atoms with Gasteiger partial charge in [0.25, 0.3) is 23.2 Å². The second-order valence-electron chi connectivity index (χ2n) is 8.18. The molecule has 0 saturated carbocycles. The van der Waals surface area contributed by atoms with Crippen molar-refractivity contribution in [3.8, 4) is 5.75 Å². The molecule has 13 heteroatoms. The Morgan fingerprint density at radius 3 is 2.25 bits per heavy atom. The Kier molecular flexibility index (Phi) is 10.9. The summed E-state index contributed by atoms with van der Waals surface area (Å²) in [5.41, 5.74) is 2.50. The fourth-order valence-corrected chi connectivity index (χ4v) is 4.30. The number of nitro groups is 2. The molecule has 0 aliphatic rings. The Balaban J connectivity index is 1.73. The van der Waals surface area contributed by atoms with Crippen molar-refractivity contribution in [3.63, 3.8) is 0 Å². The van der Waals surface area contributed by atoms with E-state index >= 15 is 0 Å². The van der Waals surface area contributed by atoms with E-state index in [0.29, 0.717) is 23.7 Å². The number of thioether (sulfide) groups is 1. The van der Waals surface area contributed by atoms with Gasteiger partial charge in [-0.25, -0.2) is 5.43 Å². The van der Waals surface area contributed by atoms with Gasteiger partial charge >= 0.3 is 0 Å². The highest BCUT2D eigenvalue weighted by Gasteiger charge is 2.25. The molecule has 206 valence electrons. The standard InChI is InChI=1S/C27H25N5O7S/c1-2-12-39-24-10-8-19(9-11-24)16-28-30-27(34)25(18-40-17-20-6-4-3-5-7-20)29-26(33)21-13-22(31(35)36)15-23(14-21)32(37)38/h2-11,13-16,25H,1,12,17-18H2,(H,29,33)(H,30,34)/b28-16-/t25-/m1/s1. The maximum Gasteiger partial charge on any atom is 0.277 e. The Labute approximate surface area is 233 Å². The summed E-state index contributed by atoms with van der Waals surface area (Å²) in [7, 11) is 0. The molecule has 0 fully saturated rings. The zero-order valence-electron chi connectivity index (χ0n) is 21.1. The van der Waals surface area contributed by atoms with Crippen molar-refractivity contribution in [1.82, 2.24) is 10.7 Å². The minimum Gasteiger partial charge on any atom is -0.490 e. The van der Waals surface area contributed by atoms with Gasteiger partial charge in [-0.1, -0.05) is 43.0 Å². The van der Waals surface area contributed by atoms with Crippen LogP contribution in [-0.4, -0.2) is 46.3 Å². The fourth-order valence-electron chi connectivity index (χ4n) is 3.28. The second kappa shape index (κ2) is 14.8. The summed E-state index contributed by atoms with van der Waals surface area (Å²) in [5, 5.41) is 28.9. The van der Waals surface area contributed by atoms with Crippen LogP contribution in [0.3, 0.4) is 0 Å². The summed E-state index contributed by atoms with van der Waals surface area (Å²) in [6, 6.07) is 17.9. The lowest BCUT2D eigenvalue weighted by Crippen LogP contribution is -2.47. The molecule has 40 heavy (non-hydrogen) atoms. The molecule has 0 heterocycles. The van der Waals surface area contributed by atoms with Gasteiger partial charge in [0.1, 0.15) is 18.4 Å². The van der Waals surface area contributed by atoms with Crippen LogP contribution in [0.5, 0.6) is 5.75 Å². The molecule has 0 aliphatic carbocycles. The predicted molar refractivity (Wildman–Crippen MR) is 151 cm³/mol. The number of nitro benzene ring substituents is 2. The number of nitrogens with one attached hydrogen (secondary N) is 2. The predicted octanol–water partition coefficient (Wildman–Crippen LogP) is 4.25. The van der Waals surface area contributed by atoms with Crippen LogP contribution < -0.4 is 15.5 Å². The van der Waals surface area contributed by atoms with Crippen molar-refractivity contribution in [2.45, 2.75) is 11.8 Å². The molecule has 3 aromatic rings. The third-order valence-corrected chi connectivity index (χ3v) is 6.35. The molecule has 1 atom stereocenters. The normalized spacial score (nSPS) is 11.4. The van der Waals surface area contributed by atoms with Crippen LogP contribution >= 0.6 is 11.8 Å². The van der Waals surface area contributed by atoms with Crippen molar-refractivity contribution in [1.29, 1.82) is 0 Å². The Morgan fingerprint density at radius 1 is 1.00 bits per heavy atom. The van der Waals surface area contributed by atoms with Gasteiger partial charge in [0, 0.05) is 23.6 Å². The van der Waals surface area contributed by atoms with Crippen LogP contribution in [0.2, 0.25) is 0 Å². The number of amides is 2. The lowest BCUT2D eigenvalue weighted by Gasteiger charge is -2.17. The Morgan fingerprint density at radius 2 is 1.65 bits per heavy atom. The van der Waals surface area contributed by atoms with E-state index in [1.165, 1.54) is 18.0 Å². The van der Waals surface area contributed by atoms with E-state index in [9.17, 15) is 29.8 Å². The van der Waals surface area contributed by atoms with Crippen LogP contribution in [0.15, 0.2) is 90.6 Å². The summed E-state index contributed by atoms with van der Waals surface area (Å²) in [4.78, 5) is 46.7. The largest absolute Gasteiger partial charge is 0.490 e. The van der Waals surface area contributed by atoms with E-state index in [4.69, 9.17) is 4.74 Å². The number of rotatable bonds is 14. The minimum absolute atomic E-state index is 0.133. The smallest absolute Gasteiger partial charge is 0.277 e. The molecule has 0 saturated heterocycles. The van der Waals surface area contributed by atoms with Gasteiger partial charge in [0.05, 0.1) is 27.7 Å². The molecule has 0 unspecified atom stereocenters. The zero-order chi connectivity index (χ0) is 28.9. The van der Waals surface area contributed by atoms with Crippen LogP contribution in [0, 0.1) is 20.2 Å². The van der Waals surface area contributed by atoms with Crippen LogP contribution in [0.1, 0.15) is 21.5 Å². The maximum atomic E-state index is 13.0. The topological polar surface area (TPSA) is 166 Å². The molecule has 0 spiro atoms. The van der Waals surface area contributed by atoms with E-state index in [1.807, 2.05) is 30.3 Å². The third-order valence-electron chi connectivity index (χ3n) is 5.24. The number of carbonyl (C=O) groups is 2. The van der Waals surface area contributed by atoms with E-state index < -0.39 is 39.1 Å². The number of hydrazone groups is 1. The zero-order valence-corrected chi connectivity index (χ0v) is 21.9. The van der Waals surface area contributed by atoms with E-state index in [0.717, 1.165) is 23.8 Å². The van der Waals surface area contributed by atoms with Crippen molar-refractivity contribution >= 4 is 41.2 Å². The molecule has 3 aromatic carbocycles. The van der Waals surface area contributed by atoms with E-state index in [-0.39, 0.29) is 11.3 Å². The first kappa shape index (κ1) is 29.5. The van der Waals surface area contributed by atoms with Gasteiger partial charge in [-0.2, -0.15) is 16.9 Å². The number of nitrogens with zero attached hydrogens (tertiary/aromatic N) is 3. The minimum atomic E-state index is -1.11. The Bertz CT molecular complexity index is 1370. The van der Waals surface area contributed by atoms with Gasteiger partial charge in [-0.15, -0.1) is 0 Å². The van der Waals surface area contributed by atoms with E-state index in [1.54, 1.807) is 30.3 Å². The molecule has 0 radical (unpaired) electrons. The quantitative estimate of drug-likeness (QED) is 0.127. The molecule has 0 bridgehead atoms. The van der Waals surface area contributed by atoms with Gasteiger partial charge in [0.2, 0.25) is 0 Å². The first-order valence-electron chi connectivity index (χ1n) is 11.8. The summed E-state index contributed by atoms with van der Waals surface area (Å²) in [6.45, 7) is 3.95. The fraction of sp³-hybridized carbons (Fsp3) is 0.148. The highest BCUT2D eigenvalue weighted by molar-refractivity contribution is 7.98.